The van der Waals surface area contributed by atoms with Gasteiger partial charge in [0, 0.05) is 25.8 Å². The summed E-state index contributed by atoms with van der Waals surface area (Å²) in [5.41, 5.74) is 2.36. The van der Waals surface area contributed by atoms with Crippen LogP contribution < -0.4 is 10.2 Å². The lowest BCUT2D eigenvalue weighted by molar-refractivity contribution is 0.474. The van der Waals surface area contributed by atoms with Crippen LogP contribution in [0.25, 0.3) is 0 Å². The maximum atomic E-state index is 9.38. The zero-order valence-corrected chi connectivity index (χ0v) is 11.9. The van der Waals surface area contributed by atoms with Gasteiger partial charge >= 0.3 is 0 Å². The zero-order valence-electron chi connectivity index (χ0n) is 11.9. The van der Waals surface area contributed by atoms with Crippen molar-refractivity contribution in [2.45, 2.75) is 13.0 Å². The van der Waals surface area contributed by atoms with Crippen LogP contribution in [0.5, 0.6) is 5.75 Å². The van der Waals surface area contributed by atoms with E-state index in [2.05, 4.69) is 41.5 Å². The molecule has 3 nitrogen and oxygen atoms in total. The van der Waals surface area contributed by atoms with Crippen LogP contribution in [0.15, 0.2) is 54.6 Å². The molecule has 0 heterocycles. The lowest BCUT2D eigenvalue weighted by Gasteiger charge is -2.19. The zero-order chi connectivity index (χ0) is 14.2. The molecule has 0 aliphatic heterocycles. The first kappa shape index (κ1) is 14.4. The number of phenols is 1. The van der Waals surface area contributed by atoms with E-state index in [4.69, 9.17) is 0 Å². The molecule has 2 aromatic rings. The molecule has 2 rings (SSSR count). The van der Waals surface area contributed by atoms with E-state index in [1.807, 2.05) is 18.2 Å². The number of aromatic hydroxyl groups is 1. The van der Waals surface area contributed by atoms with Gasteiger partial charge in [-0.05, 0) is 42.8 Å². The highest BCUT2D eigenvalue weighted by Gasteiger charge is 1.99. The molecular weight excluding hydrogens is 248 g/mol. The molecule has 0 aliphatic rings. The summed E-state index contributed by atoms with van der Waals surface area (Å²) in [4.78, 5) is 2.26. The highest BCUT2D eigenvalue weighted by molar-refractivity contribution is 5.44. The van der Waals surface area contributed by atoms with Crippen molar-refractivity contribution in [1.82, 2.24) is 5.32 Å². The quantitative estimate of drug-likeness (QED) is 0.759. The molecular formula is C17H22N2O. The molecule has 20 heavy (non-hydrogen) atoms. The standard InChI is InChI=1S/C17H22N2O/c1-19(16-8-3-2-4-9-16)12-6-11-18-14-15-7-5-10-17(20)13-15/h2-5,7-10,13,18,20H,6,11-12,14H2,1H3. The van der Waals surface area contributed by atoms with E-state index in [0.717, 1.165) is 31.6 Å². The summed E-state index contributed by atoms with van der Waals surface area (Å²) in [6, 6.07) is 17.8. The summed E-state index contributed by atoms with van der Waals surface area (Å²) < 4.78 is 0. The third-order valence-corrected chi connectivity index (χ3v) is 3.28. The topological polar surface area (TPSA) is 35.5 Å². The Labute approximate surface area is 120 Å². The second-order valence-corrected chi connectivity index (χ2v) is 4.96. The number of nitrogens with zero attached hydrogens (tertiary/aromatic N) is 1. The van der Waals surface area contributed by atoms with E-state index >= 15 is 0 Å². The van der Waals surface area contributed by atoms with E-state index in [1.165, 1.54) is 5.69 Å². The molecule has 0 atom stereocenters. The maximum Gasteiger partial charge on any atom is 0.115 e. The minimum absolute atomic E-state index is 0.327. The van der Waals surface area contributed by atoms with Crippen LogP contribution in [0.2, 0.25) is 0 Å². The predicted octanol–water partition coefficient (Wildman–Crippen LogP) is 3.01. The summed E-state index contributed by atoms with van der Waals surface area (Å²) in [5.74, 6) is 0.327. The number of benzene rings is 2. The molecule has 0 saturated carbocycles. The van der Waals surface area contributed by atoms with Crippen molar-refractivity contribution in [3.8, 4) is 5.75 Å². The lowest BCUT2D eigenvalue weighted by Crippen LogP contribution is -2.23. The predicted molar refractivity (Wildman–Crippen MR) is 84.1 cm³/mol. The smallest absolute Gasteiger partial charge is 0.115 e. The van der Waals surface area contributed by atoms with Gasteiger partial charge in [0.1, 0.15) is 5.75 Å². The Kier molecular flexibility index (Phi) is 5.44. The average molecular weight is 270 g/mol. The van der Waals surface area contributed by atoms with Gasteiger partial charge in [0.25, 0.3) is 0 Å². The van der Waals surface area contributed by atoms with Crippen LogP contribution >= 0.6 is 0 Å². The van der Waals surface area contributed by atoms with Crippen molar-refractivity contribution in [2.75, 3.05) is 25.0 Å². The number of phenolic OH excluding ortho intramolecular Hbond substituents is 1. The van der Waals surface area contributed by atoms with Crippen LogP contribution in [0.1, 0.15) is 12.0 Å². The fourth-order valence-electron chi connectivity index (χ4n) is 2.15. The Bertz CT molecular complexity index is 513. The van der Waals surface area contributed by atoms with Gasteiger partial charge in [-0.2, -0.15) is 0 Å². The van der Waals surface area contributed by atoms with Crippen LogP contribution in [-0.2, 0) is 6.54 Å². The summed E-state index contributed by atoms with van der Waals surface area (Å²) >= 11 is 0. The number of hydrogen-bond donors (Lipinski definition) is 2. The van der Waals surface area contributed by atoms with Crippen molar-refractivity contribution in [3.63, 3.8) is 0 Å². The monoisotopic (exact) mass is 270 g/mol. The number of rotatable bonds is 7. The highest BCUT2D eigenvalue weighted by Crippen LogP contribution is 2.11. The van der Waals surface area contributed by atoms with Gasteiger partial charge < -0.3 is 15.3 Å². The molecule has 0 radical (unpaired) electrons. The average Bonchev–Trinajstić information content (AvgIpc) is 2.48. The summed E-state index contributed by atoms with van der Waals surface area (Å²) in [5, 5.41) is 12.8. The van der Waals surface area contributed by atoms with E-state index < -0.39 is 0 Å². The third kappa shape index (κ3) is 4.59. The Hall–Kier alpha value is -2.00. The van der Waals surface area contributed by atoms with Gasteiger partial charge in [0.2, 0.25) is 0 Å². The van der Waals surface area contributed by atoms with Gasteiger partial charge in [-0.25, -0.2) is 0 Å². The van der Waals surface area contributed by atoms with Gasteiger partial charge in [-0.15, -0.1) is 0 Å². The van der Waals surface area contributed by atoms with Crippen molar-refractivity contribution in [1.29, 1.82) is 0 Å². The fraction of sp³-hybridized carbons (Fsp3) is 0.294. The lowest BCUT2D eigenvalue weighted by atomic mass is 10.2. The minimum Gasteiger partial charge on any atom is -0.508 e. The molecule has 2 N–H and O–H groups in total. The van der Waals surface area contributed by atoms with Gasteiger partial charge in [-0.3, -0.25) is 0 Å². The van der Waals surface area contributed by atoms with Crippen LogP contribution in [0.4, 0.5) is 5.69 Å². The number of hydrogen-bond acceptors (Lipinski definition) is 3. The summed E-state index contributed by atoms with van der Waals surface area (Å²) in [7, 11) is 2.12. The normalized spacial score (nSPS) is 10.4. The van der Waals surface area contributed by atoms with Crippen molar-refractivity contribution >= 4 is 5.69 Å². The third-order valence-electron chi connectivity index (χ3n) is 3.28. The first-order chi connectivity index (χ1) is 9.75. The van der Waals surface area contributed by atoms with Gasteiger partial charge in [0.15, 0.2) is 0 Å². The molecule has 3 heteroatoms. The first-order valence-electron chi connectivity index (χ1n) is 7.00. The van der Waals surface area contributed by atoms with Crippen molar-refractivity contribution < 1.29 is 5.11 Å². The summed E-state index contributed by atoms with van der Waals surface area (Å²) in [6.45, 7) is 2.79. The van der Waals surface area contributed by atoms with E-state index in [1.54, 1.807) is 12.1 Å². The molecule has 0 spiro atoms. The van der Waals surface area contributed by atoms with E-state index in [0.29, 0.717) is 5.75 Å². The minimum atomic E-state index is 0.327. The molecule has 0 bridgehead atoms. The molecule has 0 fully saturated rings. The van der Waals surface area contributed by atoms with Crippen molar-refractivity contribution in [3.05, 3.63) is 60.2 Å². The fourth-order valence-corrected chi connectivity index (χ4v) is 2.15. The number of anilines is 1. The number of nitrogens with one attached hydrogen (secondary N) is 1. The molecule has 0 unspecified atom stereocenters. The van der Waals surface area contributed by atoms with Crippen molar-refractivity contribution in [2.24, 2.45) is 0 Å². The molecule has 0 saturated heterocycles. The maximum absolute atomic E-state index is 9.38. The molecule has 2 aromatic carbocycles. The highest BCUT2D eigenvalue weighted by atomic mass is 16.3. The molecule has 106 valence electrons. The molecule has 0 amide bonds. The Balaban J connectivity index is 1.64. The Morgan fingerprint density at radius 2 is 1.85 bits per heavy atom. The van der Waals surface area contributed by atoms with Gasteiger partial charge in [0.05, 0.1) is 0 Å². The second kappa shape index (κ2) is 7.56. The Morgan fingerprint density at radius 1 is 1.05 bits per heavy atom. The van der Waals surface area contributed by atoms with Crippen LogP contribution in [0.3, 0.4) is 0 Å². The first-order valence-corrected chi connectivity index (χ1v) is 7.00. The van der Waals surface area contributed by atoms with E-state index in [-0.39, 0.29) is 0 Å². The Morgan fingerprint density at radius 3 is 2.60 bits per heavy atom. The van der Waals surface area contributed by atoms with Crippen LogP contribution in [0, 0.1) is 0 Å². The van der Waals surface area contributed by atoms with Crippen LogP contribution in [-0.4, -0.2) is 25.2 Å². The van der Waals surface area contributed by atoms with E-state index in [9.17, 15) is 5.11 Å². The van der Waals surface area contributed by atoms with Gasteiger partial charge in [-0.1, -0.05) is 30.3 Å². The number of para-hydroxylation sites is 1. The SMILES string of the molecule is CN(CCCNCc1cccc(O)c1)c1ccccc1. The molecule has 0 aromatic heterocycles. The largest absolute Gasteiger partial charge is 0.508 e. The second-order valence-electron chi connectivity index (χ2n) is 4.96. The summed E-state index contributed by atoms with van der Waals surface area (Å²) in [6.07, 6.45) is 1.09. The molecule has 0 aliphatic carbocycles.